The van der Waals surface area contributed by atoms with Crippen LogP contribution in [0.1, 0.15) is 16.8 Å². The van der Waals surface area contributed by atoms with Crippen LogP contribution in [0.4, 0.5) is 5.69 Å². The zero-order valence-corrected chi connectivity index (χ0v) is 15.8. The van der Waals surface area contributed by atoms with Gasteiger partial charge in [-0.15, -0.1) is 0 Å². The minimum absolute atomic E-state index is 0.175. The molecule has 0 atom stereocenters. The molecular weight excluding hydrogens is 352 g/mol. The topological polar surface area (TPSA) is 81.4 Å². The minimum Gasteiger partial charge on any atom is -0.495 e. The zero-order chi connectivity index (χ0) is 18.9. The summed E-state index contributed by atoms with van der Waals surface area (Å²) in [6, 6.07) is 12.0. The number of nitrogens with one attached hydrogen (secondary N) is 1. The molecule has 0 aliphatic carbocycles. The van der Waals surface area contributed by atoms with E-state index in [9.17, 15) is 8.42 Å². The summed E-state index contributed by atoms with van der Waals surface area (Å²) < 4.78 is 39.1. The maximum atomic E-state index is 13.0. The second kappa shape index (κ2) is 6.84. The number of nitrogens with zero attached hydrogens (tertiary/aromatic N) is 1. The zero-order valence-electron chi connectivity index (χ0n) is 15.0. The van der Waals surface area contributed by atoms with Gasteiger partial charge in [-0.25, -0.2) is 8.42 Å². The Morgan fingerprint density at radius 1 is 1.08 bits per heavy atom. The van der Waals surface area contributed by atoms with E-state index in [-0.39, 0.29) is 4.90 Å². The van der Waals surface area contributed by atoms with Crippen LogP contribution < -0.4 is 9.46 Å². The van der Waals surface area contributed by atoms with Crippen molar-refractivity contribution in [1.29, 1.82) is 0 Å². The molecule has 2 aromatic carbocycles. The molecule has 0 saturated heterocycles. The Labute approximate surface area is 152 Å². The van der Waals surface area contributed by atoms with Crippen molar-refractivity contribution in [3.8, 4) is 17.1 Å². The highest BCUT2D eigenvalue weighted by Crippen LogP contribution is 2.31. The fourth-order valence-corrected chi connectivity index (χ4v) is 3.99. The lowest BCUT2D eigenvalue weighted by Gasteiger charge is -2.14. The smallest absolute Gasteiger partial charge is 0.262 e. The molecule has 0 spiro atoms. The van der Waals surface area contributed by atoms with Gasteiger partial charge in [0.2, 0.25) is 0 Å². The van der Waals surface area contributed by atoms with Gasteiger partial charge in [-0.2, -0.15) is 0 Å². The average Bonchev–Trinajstić information content (AvgIpc) is 2.94. The number of aryl methyl sites for hydroxylation is 2. The van der Waals surface area contributed by atoms with Crippen molar-refractivity contribution < 1.29 is 17.7 Å². The maximum absolute atomic E-state index is 13.0. The summed E-state index contributed by atoms with van der Waals surface area (Å²) in [5, 5.41) is 3.94. The number of para-hydroxylation sites is 2. The molecule has 6 nitrogen and oxygen atoms in total. The summed E-state index contributed by atoms with van der Waals surface area (Å²) in [5.41, 5.74) is 3.33. The molecule has 26 heavy (non-hydrogen) atoms. The number of rotatable bonds is 5. The molecule has 0 saturated carbocycles. The van der Waals surface area contributed by atoms with Gasteiger partial charge in [-0.05, 0) is 44.5 Å². The van der Waals surface area contributed by atoms with Crippen molar-refractivity contribution in [2.75, 3.05) is 11.8 Å². The fraction of sp³-hybridized carbons (Fsp3) is 0.211. The van der Waals surface area contributed by atoms with Crippen molar-refractivity contribution in [2.45, 2.75) is 25.7 Å². The first-order valence-electron chi connectivity index (χ1n) is 8.03. The molecule has 0 bridgehead atoms. The van der Waals surface area contributed by atoms with Crippen molar-refractivity contribution >= 4 is 15.7 Å². The largest absolute Gasteiger partial charge is 0.495 e. The molecule has 3 rings (SSSR count). The Balaban J connectivity index is 2.05. The van der Waals surface area contributed by atoms with Crippen molar-refractivity contribution in [3.63, 3.8) is 0 Å². The number of anilines is 1. The second-order valence-electron chi connectivity index (χ2n) is 6.01. The third-order valence-corrected chi connectivity index (χ3v) is 5.76. The molecule has 3 aromatic rings. The number of methoxy groups -OCH3 is 1. The van der Waals surface area contributed by atoms with E-state index in [0.717, 1.165) is 11.3 Å². The van der Waals surface area contributed by atoms with Crippen LogP contribution in [0.15, 0.2) is 51.9 Å². The number of aromatic nitrogens is 1. The number of hydrogen-bond acceptors (Lipinski definition) is 5. The van der Waals surface area contributed by atoms with E-state index in [1.807, 2.05) is 19.9 Å². The van der Waals surface area contributed by atoms with Gasteiger partial charge in [-0.3, -0.25) is 4.72 Å². The Morgan fingerprint density at radius 2 is 1.81 bits per heavy atom. The molecule has 0 amide bonds. The van der Waals surface area contributed by atoms with E-state index in [0.29, 0.717) is 28.3 Å². The number of benzene rings is 2. The third kappa shape index (κ3) is 3.30. The van der Waals surface area contributed by atoms with E-state index in [2.05, 4.69) is 9.88 Å². The van der Waals surface area contributed by atoms with E-state index in [1.54, 1.807) is 43.3 Å². The summed E-state index contributed by atoms with van der Waals surface area (Å²) >= 11 is 0. The van der Waals surface area contributed by atoms with Crippen LogP contribution >= 0.6 is 0 Å². The quantitative estimate of drug-likeness (QED) is 0.730. The first kappa shape index (κ1) is 18.0. The lowest BCUT2D eigenvalue weighted by molar-refractivity contribution is 0.417. The predicted molar refractivity (Wildman–Crippen MR) is 100.0 cm³/mol. The molecule has 0 aliphatic heterocycles. The van der Waals surface area contributed by atoms with Gasteiger partial charge < -0.3 is 9.26 Å². The van der Waals surface area contributed by atoms with Crippen LogP contribution in [0, 0.1) is 20.8 Å². The molecule has 0 fully saturated rings. The van der Waals surface area contributed by atoms with Crippen LogP contribution in [-0.2, 0) is 10.0 Å². The molecule has 1 aromatic heterocycles. The summed E-state index contributed by atoms with van der Waals surface area (Å²) in [6.07, 6.45) is 0. The fourth-order valence-electron chi connectivity index (χ4n) is 2.64. The molecule has 0 unspecified atom stereocenters. The second-order valence-corrected chi connectivity index (χ2v) is 7.66. The number of hydrogen-bond donors (Lipinski definition) is 1. The summed E-state index contributed by atoms with van der Waals surface area (Å²) in [5.74, 6) is 1.02. The molecule has 1 N–H and O–H groups in total. The first-order valence-corrected chi connectivity index (χ1v) is 9.51. The van der Waals surface area contributed by atoms with Crippen molar-refractivity contribution in [1.82, 2.24) is 5.16 Å². The normalized spacial score (nSPS) is 11.4. The minimum atomic E-state index is -3.81. The van der Waals surface area contributed by atoms with Crippen LogP contribution in [0.25, 0.3) is 11.3 Å². The Morgan fingerprint density at radius 3 is 2.46 bits per heavy atom. The number of ether oxygens (including phenoxy) is 1. The predicted octanol–water partition coefficient (Wildman–Crippen LogP) is 4.08. The van der Waals surface area contributed by atoms with Crippen LogP contribution in [0.3, 0.4) is 0 Å². The van der Waals surface area contributed by atoms with Gasteiger partial charge in [0.1, 0.15) is 5.75 Å². The Bertz CT molecular complexity index is 1060. The van der Waals surface area contributed by atoms with E-state index in [1.165, 1.54) is 7.11 Å². The third-order valence-electron chi connectivity index (χ3n) is 4.25. The van der Waals surface area contributed by atoms with Crippen LogP contribution in [-0.4, -0.2) is 20.7 Å². The Hall–Kier alpha value is -2.80. The van der Waals surface area contributed by atoms with Gasteiger partial charge in [0.05, 0.1) is 23.4 Å². The SMILES string of the molecule is COc1ccccc1NS(=O)(=O)c1cc(-c2onc(C)c2C)ccc1C. The molecule has 0 radical (unpaired) electrons. The van der Waals surface area contributed by atoms with Crippen molar-refractivity contribution in [2.24, 2.45) is 0 Å². The summed E-state index contributed by atoms with van der Waals surface area (Å²) in [4.78, 5) is 0.175. The standard InChI is InChI=1S/C19H20N2O4S/c1-12-9-10-15(19-13(2)14(3)20-25-19)11-18(12)26(22,23)21-16-7-5-6-8-17(16)24-4/h5-11,21H,1-4H3. The van der Waals surface area contributed by atoms with E-state index < -0.39 is 10.0 Å². The summed E-state index contributed by atoms with van der Waals surface area (Å²) in [7, 11) is -2.31. The molecule has 7 heteroatoms. The average molecular weight is 372 g/mol. The molecule has 0 aliphatic rings. The first-order chi connectivity index (χ1) is 12.3. The van der Waals surface area contributed by atoms with Crippen LogP contribution in [0.5, 0.6) is 5.75 Å². The van der Waals surface area contributed by atoms with Gasteiger partial charge in [0.15, 0.2) is 5.76 Å². The van der Waals surface area contributed by atoms with Crippen LogP contribution in [0.2, 0.25) is 0 Å². The number of sulfonamides is 1. The van der Waals surface area contributed by atoms with Gasteiger partial charge in [-0.1, -0.05) is 29.4 Å². The Kier molecular flexibility index (Phi) is 4.73. The van der Waals surface area contributed by atoms with E-state index >= 15 is 0 Å². The highest BCUT2D eigenvalue weighted by atomic mass is 32.2. The highest BCUT2D eigenvalue weighted by molar-refractivity contribution is 7.92. The van der Waals surface area contributed by atoms with E-state index in [4.69, 9.17) is 9.26 Å². The van der Waals surface area contributed by atoms with Gasteiger partial charge in [0.25, 0.3) is 10.0 Å². The lowest BCUT2D eigenvalue weighted by Crippen LogP contribution is -2.15. The lowest BCUT2D eigenvalue weighted by atomic mass is 10.1. The van der Waals surface area contributed by atoms with Gasteiger partial charge in [0, 0.05) is 11.1 Å². The monoisotopic (exact) mass is 372 g/mol. The summed E-state index contributed by atoms with van der Waals surface area (Å²) in [6.45, 7) is 5.48. The maximum Gasteiger partial charge on any atom is 0.262 e. The molecule has 136 valence electrons. The van der Waals surface area contributed by atoms with Crippen molar-refractivity contribution in [3.05, 3.63) is 59.3 Å². The highest BCUT2D eigenvalue weighted by Gasteiger charge is 2.21. The molecular formula is C19H20N2O4S. The van der Waals surface area contributed by atoms with Gasteiger partial charge >= 0.3 is 0 Å². The molecule has 1 heterocycles.